The number of carbonyl (C=O) groups excluding carboxylic acids is 1. The number of thiazole rings is 1. The molecule has 2 amide bonds. The Hall–Kier alpha value is -3.20. The second-order valence-electron chi connectivity index (χ2n) is 5.28. The summed E-state index contributed by atoms with van der Waals surface area (Å²) in [6.07, 6.45) is 0. The van der Waals surface area contributed by atoms with E-state index in [2.05, 4.69) is 15.6 Å². The highest BCUT2D eigenvalue weighted by molar-refractivity contribution is 7.14. The van der Waals surface area contributed by atoms with Crippen LogP contribution in [0.2, 0.25) is 0 Å². The van der Waals surface area contributed by atoms with Crippen molar-refractivity contribution in [3.05, 3.63) is 53.4 Å². The van der Waals surface area contributed by atoms with Crippen LogP contribution in [0.15, 0.2) is 41.8 Å². The molecular formula is C17H11F2N3O3S. The number of hydrogen-bond acceptors (Lipinski definition) is 5. The first-order chi connectivity index (χ1) is 12.6. The minimum absolute atomic E-state index is 0.176. The molecule has 3 aromatic rings. The van der Waals surface area contributed by atoms with Crippen LogP contribution in [0.25, 0.3) is 11.3 Å². The van der Waals surface area contributed by atoms with Gasteiger partial charge in [0, 0.05) is 10.9 Å². The van der Waals surface area contributed by atoms with Crippen LogP contribution in [0.5, 0.6) is 11.5 Å². The summed E-state index contributed by atoms with van der Waals surface area (Å²) in [7, 11) is 0. The molecule has 0 saturated heterocycles. The monoisotopic (exact) mass is 375 g/mol. The Kier molecular flexibility index (Phi) is 4.13. The zero-order valence-electron chi connectivity index (χ0n) is 13.1. The highest BCUT2D eigenvalue weighted by atomic mass is 32.1. The SMILES string of the molecule is O=C(Nc1nc(-c2ccc3c(c2)OCO3)cs1)Nc1c(F)cccc1F. The van der Waals surface area contributed by atoms with Crippen molar-refractivity contribution in [1.82, 2.24) is 4.98 Å². The summed E-state index contributed by atoms with van der Waals surface area (Å²) < 4.78 is 37.7. The molecule has 9 heteroatoms. The summed E-state index contributed by atoms with van der Waals surface area (Å²) in [6, 6.07) is 7.92. The maximum atomic E-state index is 13.6. The van der Waals surface area contributed by atoms with Gasteiger partial charge >= 0.3 is 6.03 Å². The van der Waals surface area contributed by atoms with E-state index in [1.54, 1.807) is 17.5 Å². The van der Waals surface area contributed by atoms with Gasteiger partial charge in [-0.05, 0) is 30.3 Å². The van der Waals surface area contributed by atoms with E-state index in [1.165, 1.54) is 17.4 Å². The van der Waals surface area contributed by atoms with Crippen molar-refractivity contribution in [3.8, 4) is 22.8 Å². The minimum Gasteiger partial charge on any atom is -0.454 e. The number of halogens is 2. The predicted molar refractivity (Wildman–Crippen MR) is 92.7 cm³/mol. The average molecular weight is 375 g/mol. The molecule has 0 aliphatic carbocycles. The fourth-order valence-corrected chi connectivity index (χ4v) is 3.09. The van der Waals surface area contributed by atoms with Crippen molar-refractivity contribution in [2.24, 2.45) is 0 Å². The van der Waals surface area contributed by atoms with Crippen LogP contribution < -0.4 is 20.1 Å². The first kappa shape index (κ1) is 16.3. The molecule has 4 rings (SSSR count). The molecule has 2 aromatic carbocycles. The normalized spacial score (nSPS) is 12.1. The van der Waals surface area contributed by atoms with Gasteiger partial charge in [-0.25, -0.2) is 18.6 Å². The molecule has 1 aromatic heterocycles. The third-order valence-electron chi connectivity index (χ3n) is 3.59. The Balaban J connectivity index is 1.47. The van der Waals surface area contributed by atoms with Crippen molar-refractivity contribution < 1.29 is 23.0 Å². The topological polar surface area (TPSA) is 72.5 Å². The Labute approximate surface area is 150 Å². The van der Waals surface area contributed by atoms with Gasteiger partial charge in [-0.15, -0.1) is 11.3 Å². The molecule has 2 N–H and O–H groups in total. The van der Waals surface area contributed by atoms with Gasteiger partial charge in [-0.2, -0.15) is 0 Å². The van der Waals surface area contributed by atoms with Gasteiger partial charge in [0.05, 0.1) is 5.69 Å². The van der Waals surface area contributed by atoms with E-state index in [9.17, 15) is 13.6 Å². The quantitative estimate of drug-likeness (QED) is 0.709. The number of ether oxygens (including phenoxy) is 2. The van der Waals surface area contributed by atoms with Crippen LogP contribution in [0.4, 0.5) is 24.4 Å². The van der Waals surface area contributed by atoms with Gasteiger partial charge < -0.3 is 14.8 Å². The summed E-state index contributed by atoms with van der Waals surface area (Å²) in [5.74, 6) is -0.438. The fraction of sp³-hybridized carbons (Fsp3) is 0.0588. The average Bonchev–Trinajstić information content (AvgIpc) is 3.26. The standard InChI is InChI=1S/C17H11F2N3O3S/c18-10-2-1-3-11(19)15(10)21-16(23)22-17-20-12(7-26-17)9-4-5-13-14(6-9)25-8-24-13/h1-7H,8H2,(H2,20,21,22,23). The van der Waals surface area contributed by atoms with E-state index in [0.29, 0.717) is 17.2 Å². The highest BCUT2D eigenvalue weighted by Gasteiger charge is 2.16. The maximum absolute atomic E-state index is 13.6. The molecule has 0 fully saturated rings. The number of amides is 2. The fourth-order valence-electron chi connectivity index (χ4n) is 2.38. The number of fused-ring (bicyclic) bond motifs is 1. The van der Waals surface area contributed by atoms with E-state index in [4.69, 9.17) is 9.47 Å². The second-order valence-corrected chi connectivity index (χ2v) is 6.14. The van der Waals surface area contributed by atoms with E-state index < -0.39 is 23.4 Å². The third kappa shape index (κ3) is 3.16. The van der Waals surface area contributed by atoms with Crippen molar-refractivity contribution in [2.45, 2.75) is 0 Å². The lowest BCUT2D eigenvalue weighted by atomic mass is 10.1. The molecule has 1 aliphatic heterocycles. The van der Waals surface area contributed by atoms with Crippen molar-refractivity contribution in [1.29, 1.82) is 0 Å². The number of para-hydroxylation sites is 1. The van der Waals surface area contributed by atoms with Crippen LogP contribution in [0.1, 0.15) is 0 Å². The number of hydrogen-bond donors (Lipinski definition) is 2. The molecule has 1 aliphatic rings. The molecule has 0 unspecified atom stereocenters. The highest BCUT2D eigenvalue weighted by Crippen LogP contribution is 2.36. The lowest BCUT2D eigenvalue weighted by Crippen LogP contribution is -2.20. The van der Waals surface area contributed by atoms with Crippen LogP contribution in [-0.2, 0) is 0 Å². The van der Waals surface area contributed by atoms with Gasteiger partial charge in [0.2, 0.25) is 6.79 Å². The van der Waals surface area contributed by atoms with Gasteiger partial charge in [0.25, 0.3) is 0 Å². The summed E-state index contributed by atoms with van der Waals surface area (Å²) in [5.41, 5.74) is 0.900. The first-order valence-corrected chi connectivity index (χ1v) is 8.36. The molecule has 0 spiro atoms. The summed E-state index contributed by atoms with van der Waals surface area (Å²) >= 11 is 1.18. The minimum atomic E-state index is -0.861. The Morgan fingerprint density at radius 3 is 2.65 bits per heavy atom. The first-order valence-electron chi connectivity index (χ1n) is 7.48. The van der Waals surface area contributed by atoms with Crippen LogP contribution >= 0.6 is 11.3 Å². The predicted octanol–water partition coefficient (Wildman–Crippen LogP) is 4.46. The van der Waals surface area contributed by atoms with Crippen LogP contribution in [-0.4, -0.2) is 17.8 Å². The molecule has 0 radical (unpaired) electrons. The van der Waals surface area contributed by atoms with Gasteiger partial charge in [0.15, 0.2) is 16.6 Å². The molecule has 6 nitrogen and oxygen atoms in total. The molecule has 132 valence electrons. The molecule has 0 bridgehead atoms. The molecule has 26 heavy (non-hydrogen) atoms. The Morgan fingerprint density at radius 2 is 1.85 bits per heavy atom. The molecule has 0 saturated carbocycles. The lowest BCUT2D eigenvalue weighted by Gasteiger charge is -2.07. The number of nitrogens with zero attached hydrogens (tertiary/aromatic N) is 1. The summed E-state index contributed by atoms with van der Waals surface area (Å²) in [6.45, 7) is 0.176. The van der Waals surface area contributed by atoms with E-state index >= 15 is 0 Å². The number of urea groups is 1. The summed E-state index contributed by atoms with van der Waals surface area (Å²) in [4.78, 5) is 16.3. The Morgan fingerprint density at radius 1 is 1.08 bits per heavy atom. The number of rotatable bonds is 3. The number of aromatic nitrogens is 1. The van der Waals surface area contributed by atoms with Crippen molar-refractivity contribution >= 4 is 28.2 Å². The van der Waals surface area contributed by atoms with Gasteiger partial charge in [-0.3, -0.25) is 5.32 Å². The van der Waals surface area contributed by atoms with Crippen molar-refractivity contribution in [3.63, 3.8) is 0 Å². The molecule has 2 heterocycles. The summed E-state index contributed by atoms with van der Waals surface area (Å²) in [5, 5.41) is 6.63. The van der Waals surface area contributed by atoms with Crippen molar-refractivity contribution in [2.75, 3.05) is 17.4 Å². The molecule has 0 atom stereocenters. The maximum Gasteiger partial charge on any atom is 0.325 e. The largest absolute Gasteiger partial charge is 0.454 e. The van der Waals surface area contributed by atoms with Crippen LogP contribution in [0, 0.1) is 11.6 Å². The zero-order valence-corrected chi connectivity index (χ0v) is 13.9. The zero-order chi connectivity index (χ0) is 18.1. The van der Waals surface area contributed by atoms with Gasteiger partial charge in [-0.1, -0.05) is 6.07 Å². The number of carbonyl (C=O) groups is 1. The van der Waals surface area contributed by atoms with Crippen LogP contribution in [0.3, 0.4) is 0 Å². The smallest absolute Gasteiger partial charge is 0.325 e. The second kappa shape index (κ2) is 6.60. The number of anilines is 2. The third-order valence-corrected chi connectivity index (χ3v) is 4.35. The Bertz CT molecular complexity index is 973. The van der Waals surface area contributed by atoms with E-state index in [-0.39, 0.29) is 11.9 Å². The van der Waals surface area contributed by atoms with Gasteiger partial charge in [0.1, 0.15) is 17.3 Å². The number of benzene rings is 2. The van der Waals surface area contributed by atoms with E-state index in [1.807, 2.05) is 6.07 Å². The lowest BCUT2D eigenvalue weighted by molar-refractivity contribution is 0.174. The number of nitrogens with one attached hydrogen (secondary N) is 2. The van der Waals surface area contributed by atoms with E-state index in [0.717, 1.165) is 17.7 Å². The molecular weight excluding hydrogens is 364 g/mol.